The third-order valence-corrected chi connectivity index (χ3v) is 5.30. The normalized spacial score (nSPS) is 14.6. The lowest BCUT2D eigenvalue weighted by Gasteiger charge is -2.26. The predicted molar refractivity (Wildman–Crippen MR) is 137 cm³/mol. The molecular weight excluding hydrogens is 500 g/mol. The van der Waals surface area contributed by atoms with Gasteiger partial charge in [-0.05, 0) is 31.7 Å². The van der Waals surface area contributed by atoms with Crippen LogP contribution in [-0.4, -0.2) is 82.6 Å². The number of nitrogens with one attached hydrogen (secondary N) is 3. The van der Waals surface area contributed by atoms with Gasteiger partial charge in [-0.25, -0.2) is 4.79 Å². The standard InChI is InChI=1S/C23H36N8O7/c1-12(32)18(21(36)30-16(22(37)38)11-17(25)33)31-20(35)15(8-5-9-28-23(26)27)29-19(34)14(24)10-13-6-3-2-4-7-13/h2-4,6-7,12,14-16,18,32H,5,8-11,24H2,1H3,(H2,25,33)(H,29,34)(H,30,36)(H,31,35)(H,37,38)(H4,26,27,28). The Morgan fingerprint density at radius 3 is 2.05 bits per heavy atom. The zero-order valence-corrected chi connectivity index (χ0v) is 21.0. The van der Waals surface area contributed by atoms with Gasteiger partial charge in [0.25, 0.3) is 0 Å². The molecule has 5 unspecified atom stereocenters. The van der Waals surface area contributed by atoms with Gasteiger partial charge in [-0.2, -0.15) is 0 Å². The summed E-state index contributed by atoms with van der Waals surface area (Å²) in [7, 11) is 0. The molecule has 0 spiro atoms. The largest absolute Gasteiger partial charge is 0.480 e. The zero-order valence-electron chi connectivity index (χ0n) is 21.0. The Morgan fingerprint density at radius 2 is 1.53 bits per heavy atom. The van der Waals surface area contributed by atoms with E-state index in [1.165, 1.54) is 6.92 Å². The molecule has 0 heterocycles. The number of carboxylic acid groups (broad SMARTS) is 1. The van der Waals surface area contributed by atoms with Crippen LogP contribution in [0.4, 0.5) is 0 Å². The fraction of sp³-hybridized carbons (Fsp3) is 0.478. The Hall–Kier alpha value is -4.24. The maximum atomic E-state index is 13.1. The van der Waals surface area contributed by atoms with Crippen LogP contribution in [0.1, 0.15) is 31.7 Å². The van der Waals surface area contributed by atoms with Crippen molar-refractivity contribution in [3.05, 3.63) is 35.9 Å². The number of amides is 4. The number of guanidine groups is 1. The number of nitrogens with two attached hydrogens (primary N) is 4. The SMILES string of the molecule is CC(O)C(NC(=O)C(CCCN=C(N)N)NC(=O)C(N)Cc1ccccc1)C(=O)NC(CC(N)=O)C(=O)O. The molecule has 1 aromatic rings. The average Bonchev–Trinajstić information content (AvgIpc) is 2.83. The van der Waals surface area contributed by atoms with Crippen LogP contribution < -0.4 is 38.9 Å². The molecule has 0 bridgehead atoms. The predicted octanol–water partition coefficient (Wildman–Crippen LogP) is -3.59. The summed E-state index contributed by atoms with van der Waals surface area (Å²) in [6.07, 6.45) is -1.68. The van der Waals surface area contributed by atoms with Crippen molar-refractivity contribution in [3.63, 3.8) is 0 Å². The summed E-state index contributed by atoms with van der Waals surface area (Å²) in [4.78, 5) is 64.8. The number of aliphatic hydroxyl groups is 1. The monoisotopic (exact) mass is 536 g/mol. The molecule has 1 rings (SSSR count). The summed E-state index contributed by atoms with van der Waals surface area (Å²) >= 11 is 0. The highest BCUT2D eigenvalue weighted by Gasteiger charge is 2.33. The van der Waals surface area contributed by atoms with Crippen molar-refractivity contribution in [3.8, 4) is 0 Å². The number of carboxylic acids is 1. The summed E-state index contributed by atoms with van der Waals surface area (Å²) in [6, 6.07) is 3.49. The van der Waals surface area contributed by atoms with Crippen LogP contribution in [0.25, 0.3) is 0 Å². The van der Waals surface area contributed by atoms with Crippen molar-refractivity contribution >= 4 is 35.6 Å². The van der Waals surface area contributed by atoms with E-state index in [0.29, 0.717) is 0 Å². The van der Waals surface area contributed by atoms with E-state index in [1.807, 2.05) is 6.07 Å². The molecule has 210 valence electrons. The Labute approximate surface area is 219 Å². The summed E-state index contributed by atoms with van der Waals surface area (Å²) in [5, 5.41) is 26.2. The van der Waals surface area contributed by atoms with Gasteiger partial charge in [0, 0.05) is 6.54 Å². The third-order valence-electron chi connectivity index (χ3n) is 5.30. The number of hydrogen-bond acceptors (Lipinski definition) is 8. The van der Waals surface area contributed by atoms with E-state index in [2.05, 4.69) is 20.9 Å². The topological polar surface area (TPSA) is 278 Å². The number of hydrogen-bond donors (Lipinski definition) is 9. The van der Waals surface area contributed by atoms with Crippen molar-refractivity contribution in [2.24, 2.45) is 27.9 Å². The Morgan fingerprint density at radius 1 is 0.921 bits per heavy atom. The first kappa shape index (κ1) is 31.8. The fourth-order valence-electron chi connectivity index (χ4n) is 3.33. The Kier molecular flexibility index (Phi) is 13.2. The van der Waals surface area contributed by atoms with E-state index in [4.69, 9.17) is 22.9 Å². The van der Waals surface area contributed by atoms with Crippen LogP contribution in [0.5, 0.6) is 0 Å². The first-order chi connectivity index (χ1) is 17.8. The molecule has 0 aliphatic heterocycles. The molecule has 4 amide bonds. The number of carbonyl (C=O) groups excluding carboxylic acids is 4. The first-order valence-electron chi connectivity index (χ1n) is 11.8. The Balaban J connectivity index is 3.00. The van der Waals surface area contributed by atoms with Crippen LogP contribution in [0.15, 0.2) is 35.3 Å². The molecule has 38 heavy (non-hydrogen) atoms. The second kappa shape index (κ2) is 15.8. The molecule has 0 aliphatic rings. The molecule has 0 aliphatic carbocycles. The van der Waals surface area contributed by atoms with E-state index in [1.54, 1.807) is 24.3 Å². The lowest BCUT2D eigenvalue weighted by atomic mass is 10.0. The van der Waals surface area contributed by atoms with Gasteiger partial charge in [0.2, 0.25) is 23.6 Å². The average molecular weight is 537 g/mol. The number of primary amides is 1. The number of aliphatic imine (C=N–C) groups is 1. The summed E-state index contributed by atoms with van der Waals surface area (Å²) in [5.41, 5.74) is 22.4. The molecule has 5 atom stereocenters. The van der Waals surface area contributed by atoms with Gasteiger partial charge in [-0.15, -0.1) is 0 Å². The minimum absolute atomic E-state index is 0.0417. The van der Waals surface area contributed by atoms with E-state index < -0.39 is 66.3 Å². The molecule has 15 nitrogen and oxygen atoms in total. The van der Waals surface area contributed by atoms with Gasteiger partial charge in [-0.3, -0.25) is 24.2 Å². The second-order valence-electron chi connectivity index (χ2n) is 8.60. The van der Waals surface area contributed by atoms with Crippen molar-refractivity contribution in [1.29, 1.82) is 0 Å². The molecule has 1 aromatic carbocycles. The van der Waals surface area contributed by atoms with Crippen molar-refractivity contribution in [2.75, 3.05) is 6.54 Å². The lowest BCUT2D eigenvalue weighted by molar-refractivity contribution is -0.144. The maximum absolute atomic E-state index is 13.1. The van der Waals surface area contributed by atoms with Gasteiger partial charge < -0.3 is 49.1 Å². The van der Waals surface area contributed by atoms with Gasteiger partial charge in [0.05, 0.1) is 18.6 Å². The number of carbonyl (C=O) groups is 5. The lowest BCUT2D eigenvalue weighted by Crippen LogP contribution is -2.60. The molecule has 0 fully saturated rings. The summed E-state index contributed by atoms with van der Waals surface area (Å²) in [6.45, 7) is 1.34. The highest BCUT2D eigenvalue weighted by atomic mass is 16.4. The summed E-state index contributed by atoms with van der Waals surface area (Å²) in [5.74, 6) is -5.24. The molecule has 0 aromatic heterocycles. The van der Waals surface area contributed by atoms with Crippen LogP contribution in [-0.2, 0) is 30.4 Å². The maximum Gasteiger partial charge on any atom is 0.326 e. The number of aliphatic hydroxyl groups excluding tert-OH is 1. The number of aliphatic carboxylic acids is 1. The van der Waals surface area contributed by atoms with Crippen LogP contribution in [0.2, 0.25) is 0 Å². The molecule has 15 heteroatoms. The zero-order chi connectivity index (χ0) is 28.8. The third kappa shape index (κ3) is 11.7. The number of rotatable bonds is 16. The van der Waals surface area contributed by atoms with Gasteiger partial charge in [0.1, 0.15) is 18.1 Å². The van der Waals surface area contributed by atoms with Crippen LogP contribution in [0.3, 0.4) is 0 Å². The highest BCUT2D eigenvalue weighted by molar-refractivity contribution is 5.95. The highest BCUT2D eigenvalue weighted by Crippen LogP contribution is 2.06. The van der Waals surface area contributed by atoms with Crippen molar-refractivity contribution < 1.29 is 34.2 Å². The van der Waals surface area contributed by atoms with Gasteiger partial charge in [0.15, 0.2) is 5.96 Å². The molecular formula is C23H36N8O7. The van der Waals surface area contributed by atoms with Gasteiger partial charge in [-0.1, -0.05) is 30.3 Å². The number of nitrogens with zero attached hydrogens (tertiary/aromatic N) is 1. The minimum atomic E-state index is -1.68. The number of benzene rings is 1. The molecule has 0 saturated carbocycles. The quantitative estimate of drug-likeness (QED) is 0.0568. The minimum Gasteiger partial charge on any atom is -0.480 e. The molecule has 13 N–H and O–H groups in total. The van der Waals surface area contributed by atoms with Gasteiger partial charge >= 0.3 is 5.97 Å². The van der Waals surface area contributed by atoms with Crippen LogP contribution in [0, 0.1) is 0 Å². The van der Waals surface area contributed by atoms with Crippen molar-refractivity contribution in [2.45, 2.75) is 62.9 Å². The fourth-order valence-corrected chi connectivity index (χ4v) is 3.33. The smallest absolute Gasteiger partial charge is 0.326 e. The first-order valence-corrected chi connectivity index (χ1v) is 11.8. The van der Waals surface area contributed by atoms with Crippen molar-refractivity contribution in [1.82, 2.24) is 16.0 Å². The van der Waals surface area contributed by atoms with E-state index in [9.17, 15) is 34.2 Å². The molecule has 0 saturated heterocycles. The van der Waals surface area contributed by atoms with E-state index in [-0.39, 0.29) is 31.8 Å². The van der Waals surface area contributed by atoms with E-state index in [0.717, 1.165) is 5.56 Å². The Bertz CT molecular complexity index is 999. The second-order valence-corrected chi connectivity index (χ2v) is 8.60. The van der Waals surface area contributed by atoms with E-state index >= 15 is 0 Å². The van der Waals surface area contributed by atoms with Crippen LogP contribution >= 0.6 is 0 Å². The molecule has 0 radical (unpaired) electrons. The summed E-state index contributed by atoms with van der Waals surface area (Å²) < 4.78 is 0.